The Kier molecular flexibility index (Phi) is 4.55. The molecule has 2 aliphatic rings. The van der Waals surface area contributed by atoms with Crippen molar-refractivity contribution in [1.82, 2.24) is 5.32 Å². The van der Waals surface area contributed by atoms with Gasteiger partial charge in [-0.05, 0) is 25.0 Å². The van der Waals surface area contributed by atoms with Crippen LogP contribution in [0.1, 0.15) is 19.8 Å². The van der Waals surface area contributed by atoms with E-state index in [2.05, 4.69) is 5.32 Å². The van der Waals surface area contributed by atoms with E-state index in [1.54, 1.807) is 24.3 Å². The molecule has 0 aromatic heterocycles. The van der Waals surface area contributed by atoms with Gasteiger partial charge in [0.15, 0.2) is 6.10 Å². The molecule has 1 atom stereocenters. The number of nitrogens with one attached hydrogen (secondary N) is 1. The lowest BCUT2D eigenvalue weighted by Crippen LogP contribution is -2.68. The van der Waals surface area contributed by atoms with Crippen molar-refractivity contribution in [2.75, 3.05) is 11.4 Å². The van der Waals surface area contributed by atoms with Crippen molar-refractivity contribution in [3.63, 3.8) is 0 Å². The van der Waals surface area contributed by atoms with Crippen LogP contribution in [-0.2, 0) is 14.4 Å². The highest BCUT2D eigenvalue weighted by Crippen LogP contribution is 2.41. The normalized spacial score (nSPS) is 27.2. The van der Waals surface area contributed by atoms with Crippen molar-refractivity contribution in [2.45, 2.75) is 37.8 Å². The number of anilines is 1. The van der Waals surface area contributed by atoms with Gasteiger partial charge < -0.3 is 20.7 Å². The lowest BCUT2D eigenvalue weighted by molar-refractivity contribution is -0.144. The number of hydrogen-bond donors (Lipinski definition) is 2. The number of primary amides is 1. The zero-order valence-electron chi connectivity index (χ0n) is 14.1. The number of nitrogens with zero attached hydrogens (tertiary/aromatic N) is 1. The summed E-state index contributed by atoms with van der Waals surface area (Å²) in [5.74, 6) is -2.44. The van der Waals surface area contributed by atoms with Gasteiger partial charge in [0.2, 0.25) is 18.2 Å². The largest absolute Gasteiger partial charge is 0.477 e. The Morgan fingerprint density at radius 3 is 2.54 bits per heavy atom. The predicted molar refractivity (Wildman–Crippen MR) is 87.7 cm³/mol. The molecule has 9 heteroatoms. The number of para-hydroxylation sites is 2. The molecule has 26 heavy (non-hydrogen) atoms. The third kappa shape index (κ3) is 3.09. The molecule has 1 saturated carbocycles. The van der Waals surface area contributed by atoms with Crippen molar-refractivity contribution in [2.24, 2.45) is 11.7 Å². The summed E-state index contributed by atoms with van der Waals surface area (Å²) in [6, 6.07) is 6.74. The van der Waals surface area contributed by atoms with Crippen molar-refractivity contribution in [3.8, 4) is 5.75 Å². The monoisotopic (exact) mass is 367 g/mol. The van der Waals surface area contributed by atoms with Crippen LogP contribution in [0, 0.1) is 5.92 Å². The molecule has 0 saturated heterocycles. The van der Waals surface area contributed by atoms with Crippen LogP contribution in [0.5, 0.6) is 5.75 Å². The van der Waals surface area contributed by atoms with E-state index in [0.29, 0.717) is 11.4 Å². The SMILES string of the molecule is CC(=O)N1CC(C(=O)NC2(C(N)=O)CC(C(F)F)C2)Oc2ccccc21. The summed E-state index contributed by atoms with van der Waals surface area (Å²) in [7, 11) is 0. The number of alkyl halides is 2. The average Bonchev–Trinajstić information content (AvgIpc) is 2.55. The number of carbonyl (C=O) groups excluding carboxylic acids is 3. The Labute approximate surface area is 148 Å². The Morgan fingerprint density at radius 2 is 1.96 bits per heavy atom. The van der Waals surface area contributed by atoms with E-state index in [4.69, 9.17) is 10.5 Å². The van der Waals surface area contributed by atoms with Gasteiger partial charge in [0.1, 0.15) is 11.3 Å². The summed E-state index contributed by atoms with van der Waals surface area (Å²) in [5, 5.41) is 2.46. The van der Waals surface area contributed by atoms with Gasteiger partial charge >= 0.3 is 0 Å². The highest BCUT2D eigenvalue weighted by atomic mass is 19.3. The van der Waals surface area contributed by atoms with Crippen LogP contribution < -0.4 is 20.7 Å². The molecule has 1 aliphatic carbocycles. The van der Waals surface area contributed by atoms with Crippen LogP contribution in [0.15, 0.2) is 24.3 Å². The van der Waals surface area contributed by atoms with E-state index < -0.39 is 35.8 Å². The molecule has 1 heterocycles. The summed E-state index contributed by atoms with van der Waals surface area (Å²) in [4.78, 5) is 37.6. The highest BCUT2D eigenvalue weighted by molar-refractivity contribution is 5.97. The Bertz CT molecular complexity index is 749. The van der Waals surface area contributed by atoms with Crippen LogP contribution in [0.4, 0.5) is 14.5 Å². The molecule has 3 rings (SSSR count). The second-order valence-electron chi connectivity index (χ2n) is 6.64. The number of amides is 3. The van der Waals surface area contributed by atoms with Crippen LogP contribution in [0.3, 0.4) is 0 Å². The summed E-state index contributed by atoms with van der Waals surface area (Å²) in [6.45, 7) is 1.31. The van der Waals surface area contributed by atoms with Gasteiger partial charge in [0.25, 0.3) is 5.91 Å². The predicted octanol–water partition coefficient (Wildman–Crippen LogP) is 0.816. The van der Waals surface area contributed by atoms with E-state index >= 15 is 0 Å². The maximum atomic E-state index is 12.8. The second kappa shape index (κ2) is 6.54. The molecule has 1 aliphatic heterocycles. The lowest BCUT2D eigenvalue weighted by Gasteiger charge is -2.46. The number of benzene rings is 1. The zero-order valence-corrected chi connectivity index (χ0v) is 14.1. The summed E-state index contributed by atoms with van der Waals surface area (Å²) in [5.41, 5.74) is 4.36. The molecule has 1 aromatic carbocycles. The quantitative estimate of drug-likeness (QED) is 0.822. The number of hydrogen-bond acceptors (Lipinski definition) is 4. The zero-order chi connectivity index (χ0) is 19.1. The van der Waals surface area contributed by atoms with Gasteiger partial charge in [-0.25, -0.2) is 8.78 Å². The first-order chi connectivity index (χ1) is 12.2. The van der Waals surface area contributed by atoms with Crippen molar-refractivity contribution >= 4 is 23.4 Å². The van der Waals surface area contributed by atoms with E-state index in [1.165, 1.54) is 11.8 Å². The first kappa shape index (κ1) is 18.1. The number of nitrogens with two attached hydrogens (primary N) is 1. The number of halogens is 2. The fraction of sp³-hybridized carbons (Fsp3) is 0.471. The molecule has 0 radical (unpaired) electrons. The number of ether oxygens (including phenoxy) is 1. The first-order valence-corrected chi connectivity index (χ1v) is 8.17. The molecule has 7 nitrogen and oxygen atoms in total. The van der Waals surface area contributed by atoms with Gasteiger partial charge in [-0.3, -0.25) is 14.4 Å². The summed E-state index contributed by atoms with van der Waals surface area (Å²) in [6.07, 6.45) is -4.09. The number of fused-ring (bicyclic) bond motifs is 1. The van der Waals surface area contributed by atoms with E-state index in [0.717, 1.165) is 0 Å². The average molecular weight is 367 g/mol. The fourth-order valence-electron chi connectivity index (χ4n) is 3.36. The lowest BCUT2D eigenvalue weighted by atomic mass is 9.67. The fourth-order valence-corrected chi connectivity index (χ4v) is 3.36. The van der Waals surface area contributed by atoms with Gasteiger partial charge in [0, 0.05) is 12.8 Å². The molecule has 1 unspecified atom stereocenters. The topological polar surface area (TPSA) is 102 Å². The molecule has 0 bridgehead atoms. The molecule has 1 aromatic rings. The third-order valence-electron chi connectivity index (χ3n) is 4.86. The minimum Gasteiger partial charge on any atom is -0.477 e. The van der Waals surface area contributed by atoms with E-state index in [1.807, 2.05) is 0 Å². The summed E-state index contributed by atoms with van der Waals surface area (Å²) >= 11 is 0. The minimum atomic E-state index is -2.58. The van der Waals surface area contributed by atoms with E-state index in [-0.39, 0.29) is 25.3 Å². The number of carbonyl (C=O) groups is 3. The molecule has 1 fully saturated rings. The van der Waals surface area contributed by atoms with Crippen molar-refractivity contribution < 1.29 is 27.9 Å². The smallest absolute Gasteiger partial charge is 0.263 e. The Hall–Kier alpha value is -2.71. The molecule has 3 amide bonds. The van der Waals surface area contributed by atoms with Gasteiger partial charge in [-0.15, -0.1) is 0 Å². The molecule has 0 spiro atoms. The maximum absolute atomic E-state index is 12.8. The Balaban J connectivity index is 1.76. The Morgan fingerprint density at radius 1 is 1.31 bits per heavy atom. The van der Waals surface area contributed by atoms with Gasteiger partial charge in [-0.2, -0.15) is 0 Å². The summed E-state index contributed by atoms with van der Waals surface area (Å²) < 4.78 is 31.1. The molecular weight excluding hydrogens is 348 g/mol. The van der Waals surface area contributed by atoms with Gasteiger partial charge in [-0.1, -0.05) is 12.1 Å². The van der Waals surface area contributed by atoms with Crippen LogP contribution in [0.2, 0.25) is 0 Å². The third-order valence-corrected chi connectivity index (χ3v) is 4.86. The van der Waals surface area contributed by atoms with Crippen molar-refractivity contribution in [1.29, 1.82) is 0 Å². The highest BCUT2D eigenvalue weighted by Gasteiger charge is 2.54. The maximum Gasteiger partial charge on any atom is 0.263 e. The van der Waals surface area contributed by atoms with Gasteiger partial charge in [0.05, 0.1) is 12.2 Å². The first-order valence-electron chi connectivity index (χ1n) is 8.17. The molecular formula is C17H19F2N3O4. The van der Waals surface area contributed by atoms with Crippen LogP contribution in [0.25, 0.3) is 0 Å². The number of rotatable bonds is 4. The second-order valence-corrected chi connectivity index (χ2v) is 6.64. The van der Waals surface area contributed by atoms with Crippen molar-refractivity contribution in [3.05, 3.63) is 24.3 Å². The molecule has 3 N–H and O–H groups in total. The standard InChI is InChI=1S/C17H19F2N3O4/c1-9(23)22-8-13(26-12-5-3-2-4-11(12)22)15(24)21-17(16(20)25)6-10(7-17)14(18)19/h2-5,10,13-14H,6-8H2,1H3,(H2,20,25)(H,21,24). The minimum absolute atomic E-state index is 0.0503. The van der Waals surface area contributed by atoms with Crippen LogP contribution in [-0.4, -0.2) is 42.3 Å². The van der Waals surface area contributed by atoms with E-state index in [9.17, 15) is 23.2 Å². The molecule has 140 valence electrons. The van der Waals surface area contributed by atoms with Crippen LogP contribution >= 0.6 is 0 Å².